The lowest BCUT2D eigenvalue weighted by molar-refractivity contribution is 0.243. The van der Waals surface area contributed by atoms with Gasteiger partial charge in [-0.2, -0.15) is 17.4 Å². The van der Waals surface area contributed by atoms with E-state index in [4.69, 9.17) is 5.73 Å². The van der Waals surface area contributed by atoms with Gasteiger partial charge in [-0.05, 0) is 33.6 Å². The van der Waals surface area contributed by atoms with E-state index in [1.807, 2.05) is 20.8 Å². The second-order valence-electron chi connectivity index (χ2n) is 4.52. The van der Waals surface area contributed by atoms with Crippen LogP contribution in [-0.4, -0.2) is 37.4 Å². The molecule has 0 aromatic heterocycles. The molecule has 1 aliphatic rings. The lowest BCUT2D eigenvalue weighted by Gasteiger charge is -2.35. The van der Waals surface area contributed by atoms with Gasteiger partial charge in [-0.15, -0.1) is 0 Å². The predicted molar refractivity (Wildman–Crippen MR) is 60.6 cm³/mol. The summed E-state index contributed by atoms with van der Waals surface area (Å²) < 4.78 is 27.9. The van der Waals surface area contributed by atoms with Gasteiger partial charge in [-0.1, -0.05) is 0 Å². The van der Waals surface area contributed by atoms with Crippen molar-refractivity contribution in [2.75, 3.05) is 6.54 Å². The van der Waals surface area contributed by atoms with Crippen molar-refractivity contribution in [3.63, 3.8) is 0 Å². The van der Waals surface area contributed by atoms with Crippen molar-refractivity contribution in [3.05, 3.63) is 0 Å². The van der Waals surface area contributed by atoms with E-state index >= 15 is 0 Å². The molecular formula is C9H21N3O2S. The molecule has 0 aliphatic carbocycles. The van der Waals surface area contributed by atoms with Gasteiger partial charge >= 0.3 is 0 Å². The fourth-order valence-electron chi connectivity index (χ4n) is 1.91. The molecule has 2 atom stereocenters. The molecule has 0 radical (unpaired) electrons. The molecule has 0 amide bonds. The van der Waals surface area contributed by atoms with Crippen LogP contribution in [0.5, 0.6) is 0 Å². The fourth-order valence-corrected chi connectivity index (χ4v) is 3.55. The van der Waals surface area contributed by atoms with Crippen molar-refractivity contribution < 1.29 is 8.42 Å². The Labute approximate surface area is 92.2 Å². The van der Waals surface area contributed by atoms with Crippen molar-refractivity contribution in [1.29, 1.82) is 0 Å². The maximum atomic E-state index is 11.9. The summed E-state index contributed by atoms with van der Waals surface area (Å²) in [5, 5.41) is 0. The van der Waals surface area contributed by atoms with Crippen LogP contribution in [0.2, 0.25) is 0 Å². The maximum absolute atomic E-state index is 11.9. The van der Waals surface area contributed by atoms with Crippen molar-refractivity contribution in [1.82, 2.24) is 9.03 Å². The second-order valence-corrected chi connectivity index (χ2v) is 6.18. The largest absolute Gasteiger partial charge is 0.328 e. The Bertz CT molecular complexity index is 302. The maximum Gasteiger partial charge on any atom is 0.279 e. The summed E-state index contributed by atoms with van der Waals surface area (Å²) in [7, 11) is -3.33. The highest BCUT2D eigenvalue weighted by Crippen LogP contribution is 2.18. The summed E-state index contributed by atoms with van der Waals surface area (Å²) in [5.41, 5.74) is 5.79. The van der Waals surface area contributed by atoms with E-state index in [1.54, 1.807) is 0 Å². The number of rotatable bonds is 3. The zero-order valence-electron chi connectivity index (χ0n) is 9.60. The van der Waals surface area contributed by atoms with Gasteiger partial charge in [0.25, 0.3) is 10.2 Å². The highest BCUT2D eigenvalue weighted by molar-refractivity contribution is 7.87. The molecule has 0 spiro atoms. The molecule has 0 aromatic rings. The number of piperidine rings is 1. The molecule has 1 rings (SSSR count). The topological polar surface area (TPSA) is 75.4 Å². The smallest absolute Gasteiger partial charge is 0.279 e. The van der Waals surface area contributed by atoms with Crippen LogP contribution in [0, 0.1) is 0 Å². The van der Waals surface area contributed by atoms with Gasteiger partial charge in [-0.25, -0.2) is 0 Å². The molecule has 1 aliphatic heterocycles. The van der Waals surface area contributed by atoms with Gasteiger partial charge < -0.3 is 5.73 Å². The van der Waals surface area contributed by atoms with E-state index in [9.17, 15) is 8.42 Å². The fraction of sp³-hybridized carbons (Fsp3) is 1.00. The lowest BCUT2D eigenvalue weighted by atomic mass is 10.0. The Morgan fingerprint density at radius 1 is 1.47 bits per heavy atom. The third-order valence-corrected chi connectivity index (χ3v) is 4.48. The second kappa shape index (κ2) is 4.78. The van der Waals surface area contributed by atoms with Crippen molar-refractivity contribution in [2.24, 2.45) is 5.73 Å². The van der Waals surface area contributed by atoms with Crippen LogP contribution in [0.25, 0.3) is 0 Å². The third kappa shape index (κ3) is 3.41. The zero-order valence-corrected chi connectivity index (χ0v) is 10.4. The quantitative estimate of drug-likeness (QED) is 0.725. The number of nitrogens with zero attached hydrogens (tertiary/aromatic N) is 1. The van der Waals surface area contributed by atoms with Gasteiger partial charge in [0, 0.05) is 24.7 Å². The van der Waals surface area contributed by atoms with Crippen molar-refractivity contribution in [3.8, 4) is 0 Å². The van der Waals surface area contributed by atoms with Crippen LogP contribution in [-0.2, 0) is 10.2 Å². The van der Waals surface area contributed by atoms with E-state index in [0.29, 0.717) is 6.54 Å². The van der Waals surface area contributed by atoms with Gasteiger partial charge in [0.2, 0.25) is 0 Å². The molecule has 0 aromatic carbocycles. The molecular weight excluding hydrogens is 214 g/mol. The minimum Gasteiger partial charge on any atom is -0.328 e. The minimum atomic E-state index is -3.33. The van der Waals surface area contributed by atoms with Crippen molar-refractivity contribution >= 4 is 10.2 Å². The predicted octanol–water partition coefficient (Wildman–Crippen LogP) is 0.0408. The zero-order chi connectivity index (χ0) is 11.6. The van der Waals surface area contributed by atoms with Crippen LogP contribution in [0.4, 0.5) is 0 Å². The van der Waals surface area contributed by atoms with Gasteiger partial charge in [0.05, 0.1) is 0 Å². The Morgan fingerprint density at radius 2 is 2.07 bits per heavy atom. The average molecular weight is 235 g/mol. The van der Waals surface area contributed by atoms with Crippen molar-refractivity contribution in [2.45, 2.75) is 51.7 Å². The molecule has 2 unspecified atom stereocenters. The first kappa shape index (κ1) is 12.9. The number of nitrogens with two attached hydrogens (primary N) is 1. The van der Waals surface area contributed by atoms with E-state index in [-0.39, 0.29) is 18.1 Å². The molecule has 15 heavy (non-hydrogen) atoms. The van der Waals surface area contributed by atoms with Gasteiger partial charge in [-0.3, -0.25) is 0 Å². The highest BCUT2D eigenvalue weighted by atomic mass is 32.2. The molecule has 0 saturated carbocycles. The summed E-state index contributed by atoms with van der Waals surface area (Å²) in [4.78, 5) is 0. The third-order valence-electron chi connectivity index (χ3n) is 2.55. The normalized spacial score (nSPS) is 29.7. The Kier molecular flexibility index (Phi) is 4.11. The van der Waals surface area contributed by atoms with E-state index in [1.165, 1.54) is 4.31 Å². The van der Waals surface area contributed by atoms with Crippen LogP contribution in [0.1, 0.15) is 33.6 Å². The number of hydrogen-bond donors (Lipinski definition) is 2. The Hall–Kier alpha value is -0.170. The standard InChI is InChI=1S/C9H21N3O2S/c1-7(2)11-15(13,14)12-5-4-9(10)6-8(12)3/h7-9,11H,4-6,10H2,1-3H3. The van der Waals surface area contributed by atoms with E-state index < -0.39 is 10.2 Å². The summed E-state index contributed by atoms with van der Waals surface area (Å²) in [6, 6.07) is 0.0494. The molecule has 3 N–H and O–H groups in total. The van der Waals surface area contributed by atoms with E-state index in [2.05, 4.69) is 4.72 Å². The summed E-state index contributed by atoms with van der Waals surface area (Å²) in [6.45, 7) is 6.05. The first-order valence-corrected chi connectivity index (χ1v) is 6.81. The van der Waals surface area contributed by atoms with E-state index in [0.717, 1.165) is 12.8 Å². The number of hydrogen-bond acceptors (Lipinski definition) is 3. The van der Waals surface area contributed by atoms with Gasteiger partial charge in [0.15, 0.2) is 0 Å². The average Bonchev–Trinajstić information content (AvgIpc) is 1.99. The summed E-state index contributed by atoms with van der Waals surface area (Å²) in [5.74, 6) is 0. The number of nitrogens with one attached hydrogen (secondary N) is 1. The molecule has 1 fully saturated rings. The monoisotopic (exact) mass is 235 g/mol. The highest BCUT2D eigenvalue weighted by Gasteiger charge is 2.32. The Morgan fingerprint density at radius 3 is 2.53 bits per heavy atom. The summed E-state index contributed by atoms with van der Waals surface area (Å²) in [6.07, 6.45) is 1.47. The Balaban J connectivity index is 2.71. The molecule has 5 nitrogen and oxygen atoms in total. The minimum absolute atomic E-state index is 0.00926. The van der Waals surface area contributed by atoms with Gasteiger partial charge in [0.1, 0.15) is 0 Å². The SMILES string of the molecule is CC(C)NS(=O)(=O)N1CCC(N)CC1C. The lowest BCUT2D eigenvalue weighted by Crippen LogP contribution is -2.53. The summed E-state index contributed by atoms with van der Waals surface area (Å²) >= 11 is 0. The van der Waals surface area contributed by atoms with Crippen LogP contribution >= 0.6 is 0 Å². The molecule has 1 heterocycles. The van der Waals surface area contributed by atoms with Crippen LogP contribution in [0.15, 0.2) is 0 Å². The van der Waals surface area contributed by atoms with Crippen LogP contribution in [0.3, 0.4) is 0 Å². The first-order valence-electron chi connectivity index (χ1n) is 5.37. The van der Waals surface area contributed by atoms with Crippen LogP contribution < -0.4 is 10.5 Å². The molecule has 90 valence electrons. The molecule has 6 heteroatoms. The molecule has 1 saturated heterocycles. The first-order chi connectivity index (χ1) is 6.83. The molecule has 0 bridgehead atoms.